The molecule has 1 unspecified atom stereocenters. The van der Waals surface area contributed by atoms with Gasteiger partial charge in [-0.15, -0.1) is 0 Å². The van der Waals surface area contributed by atoms with E-state index in [2.05, 4.69) is 56.3 Å². The van der Waals surface area contributed by atoms with Crippen LogP contribution in [0.3, 0.4) is 0 Å². The molecule has 0 bridgehead atoms. The molecule has 0 aliphatic heterocycles. The lowest BCUT2D eigenvalue weighted by Gasteiger charge is -1.99. The summed E-state index contributed by atoms with van der Waals surface area (Å²) in [4.78, 5) is 0. The average molecular weight is 174 g/mol. The highest BCUT2D eigenvalue weighted by Crippen LogP contribution is 2.05. The highest BCUT2D eigenvalue weighted by molar-refractivity contribution is 5.17. The number of rotatable bonds is 4. The Morgan fingerprint density at radius 2 is 1.92 bits per heavy atom. The van der Waals surface area contributed by atoms with Crippen LogP contribution in [0.15, 0.2) is 42.5 Å². The van der Waals surface area contributed by atoms with E-state index in [0.717, 1.165) is 6.42 Å². The molecule has 0 fully saturated rings. The van der Waals surface area contributed by atoms with Crippen molar-refractivity contribution in [2.75, 3.05) is 0 Å². The quantitative estimate of drug-likeness (QED) is 0.608. The van der Waals surface area contributed by atoms with Crippen molar-refractivity contribution < 1.29 is 0 Å². The van der Waals surface area contributed by atoms with Crippen molar-refractivity contribution in [1.29, 1.82) is 0 Å². The van der Waals surface area contributed by atoms with E-state index in [1.54, 1.807) is 0 Å². The summed E-state index contributed by atoms with van der Waals surface area (Å²) in [6, 6.07) is 10.6. The van der Waals surface area contributed by atoms with Crippen LogP contribution in [0.5, 0.6) is 0 Å². The van der Waals surface area contributed by atoms with Crippen molar-refractivity contribution in [2.45, 2.75) is 26.7 Å². The van der Waals surface area contributed by atoms with Gasteiger partial charge in [0.2, 0.25) is 0 Å². The minimum Gasteiger partial charge on any atom is -0.0854 e. The van der Waals surface area contributed by atoms with Crippen LogP contribution in [0.4, 0.5) is 0 Å². The van der Waals surface area contributed by atoms with Gasteiger partial charge in [0.05, 0.1) is 0 Å². The number of hydrogen-bond acceptors (Lipinski definition) is 0. The summed E-state index contributed by atoms with van der Waals surface area (Å²) in [5.74, 6) is 0.712. The fraction of sp³-hybridized carbons (Fsp3) is 0.385. The molecular weight excluding hydrogens is 156 g/mol. The van der Waals surface area contributed by atoms with Crippen molar-refractivity contribution in [2.24, 2.45) is 5.92 Å². The first-order valence-corrected chi connectivity index (χ1v) is 5.03. The Kier molecular flexibility index (Phi) is 4.31. The van der Waals surface area contributed by atoms with Gasteiger partial charge in [-0.25, -0.2) is 0 Å². The van der Waals surface area contributed by atoms with E-state index in [1.165, 1.54) is 12.0 Å². The molecule has 0 N–H and O–H groups in total. The van der Waals surface area contributed by atoms with E-state index >= 15 is 0 Å². The summed E-state index contributed by atoms with van der Waals surface area (Å²) in [5, 5.41) is 0. The zero-order valence-electron chi connectivity index (χ0n) is 8.53. The second-order valence-electron chi connectivity index (χ2n) is 3.50. The predicted molar refractivity (Wildman–Crippen MR) is 58.7 cm³/mol. The van der Waals surface area contributed by atoms with Crippen molar-refractivity contribution in [1.82, 2.24) is 0 Å². The molecule has 0 aliphatic rings. The van der Waals surface area contributed by atoms with Crippen molar-refractivity contribution in [3.05, 3.63) is 48.0 Å². The van der Waals surface area contributed by atoms with E-state index in [0.29, 0.717) is 5.92 Å². The molecule has 0 saturated carbocycles. The Labute approximate surface area is 81.3 Å². The minimum atomic E-state index is 0.712. The van der Waals surface area contributed by atoms with Crippen LogP contribution in [0.25, 0.3) is 0 Å². The molecule has 0 heterocycles. The first-order valence-electron chi connectivity index (χ1n) is 5.03. The molecule has 0 heteroatoms. The number of allylic oxidation sites excluding steroid dienone is 2. The molecule has 0 saturated heterocycles. The van der Waals surface area contributed by atoms with Crippen LogP contribution in [-0.4, -0.2) is 0 Å². The van der Waals surface area contributed by atoms with E-state index in [-0.39, 0.29) is 0 Å². The molecule has 1 atom stereocenters. The van der Waals surface area contributed by atoms with Crippen LogP contribution < -0.4 is 0 Å². The Morgan fingerprint density at radius 3 is 2.54 bits per heavy atom. The molecule has 13 heavy (non-hydrogen) atoms. The molecule has 0 radical (unpaired) electrons. The van der Waals surface area contributed by atoms with Crippen molar-refractivity contribution in [3.63, 3.8) is 0 Å². The van der Waals surface area contributed by atoms with Crippen molar-refractivity contribution >= 4 is 0 Å². The van der Waals surface area contributed by atoms with E-state index in [9.17, 15) is 0 Å². The van der Waals surface area contributed by atoms with Crippen LogP contribution >= 0.6 is 0 Å². The van der Waals surface area contributed by atoms with Gasteiger partial charge in [0.25, 0.3) is 0 Å². The molecule has 0 nitrogen and oxygen atoms in total. The topological polar surface area (TPSA) is 0 Å². The zero-order chi connectivity index (χ0) is 9.52. The molecule has 1 aromatic rings. The molecule has 70 valence electrons. The lowest BCUT2D eigenvalue weighted by atomic mass is 10.1. The lowest BCUT2D eigenvalue weighted by molar-refractivity contribution is 0.696. The predicted octanol–water partition coefficient (Wildman–Crippen LogP) is 3.83. The number of benzene rings is 1. The van der Waals surface area contributed by atoms with Gasteiger partial charge in [-0.05, 0) is 17.9 Å². The Morgan fingerprint density at radius 1 is 1.23 bits per heavy atom. The first kappa shape index (κ1) is 10.0. The van der Waals surface area contributed by atoms with Gasteiger partial charge in [0.1, 0.15) is 0 Å². The van der Waals surface area contributed by atoms with E-state index < -0.39 is 0 Å². The highest BCUT2D eigenvalue weighted by atomic mass is 14.0. The smallest absolute Gasteiger partial charge is 0.00974 e. The zero-order valence-corrected chi connectivity index (χ0v) is 8.53. The molecule has 1 rings (SSSR count). The van der Waals surface area contributed by atoms with Gasteiger partial charge in [0.15, 0.2) is 0 Å². The lowest BCUT2D eigenvalue weighted by Crippen LogP contribution is -1.85. The standard InChI is InChI=1S/C13H18/c1-3-12(2)8-7-11-13-9-5-4-6-10-13/h4-10,12H,3,11H2,1-2H3/b8-7+. The van der Waals surface area contributed by atoms with Crippen LogP contribution in [-0.2, 0) is 6.42 Å². The maximum absolute atomic E-state index is 2.30. The van der Waals surface area contributed by atoms with Gasteiger partial charge in [-0.1, -0.05) is 62.8 Å². The summed E-state index contributed by atoms with van der Waals surface area (Å²) >= 11 is 0. The average Bonchev–Trinajstić information content (AvgIpc) is 2.19. The van der Waals surface area contributed by atoms with Crippen LogP contribution in [0, 0.1) is 5.92 Å². The highest BCUT2D eigenvalue weighted by Gasteiger charge is 1.90. The van der Waals surface area contributed by atoms with Gasteiger partial charge < -0.3 is 0 Å². The fourth-order valence-electron chi connectivity index (χ4n) is 1.19. The maximum atomic E-state index is 2.30. The summed E-state index contributed by atoms with van der Waals surface area (Å²) < 4.78 is 0. The third kappa shape index (κ3) is 3.93. The Bertz CT molecular complexity index is 246. The summed E-state index contributed by atoms with van der Waals surface area (Å²) in [6.45, 7) is 4.47. The molecule has 0 amide bonds. The number of hydrogen-bond donors (Lipinski definition) is 0. The molecule has 0 spiro atoms. The third-order valence-electron chi connectivity index (χ3n) is 2.30. The summed E-state index contributed by atoms with van der Waals surface area (Å²) in [5.41, 5.74) is 1.39. The molecule has 0 aromatic heterocycles. The molecule has 0 aliphatic carbocycles. The second-order valence-corrected chi connectivity index (χ2v) is 3.50. The Balaban J connectivity index is 2.39. The van der Waals surface area contributed by atoms with Gasteiger partial charge >= 0.3 is 0 Å². The second kappa shape index (κ2) is 5.58. The normalized spacial score (nSPS) is 13.4. The SMILES string of the molecule is CCC(C)/C=C/Cc1ccccc1. The maximum Gasteiger partial charge on any atom is -0.00974 e. The van der Waals surface area contributed by atoms with Gasteiger partial charge in [-0.3, -0.25) is 0 Å². The Hall–Kier alpha value is -1.04. The van der Waals surface area contributed by atoms with Crippen LogP contribution in [0.2, 0.25) is 0 Å². The van der Waals surface area contributed by atoms with Gasteiger partial charge in [-0.2, -0.15) is 0 Å². The van der Waals surface area contributed by atoms with E-state index in [4.69, 9.17) is 0 Å². The van der Waals surface area contributed by atoms with Gasteiger partial charge in [0, 0.05) is 0 Å². The summed E-state index contributed by atoms with van der Waals surface area (Å²) in [7, 11) is 0. The molecule has 1 aromatic carbocycles. The third-order valence-corrected chi connectivity index (χ3v) is 2.30. The van der Waals surface area contributed by atoms with E-state index in [1.807, 2.05) is 0 Å². The van der Waals surface area contributed by atoms with Crippen molar-refractivity contribution in [3.8, 4) is 0 Å². The van der Waals surface area contributed by atoms with Crippen LogP contribution in [0.1, 0.15) is 25.8 Å². The monoisotopic (exact) mass is 174 g/mol. The largest absolute Gasteiger partial charge is 0.0854 e. The first-order chi connectivity index (χ1) is 6.33. The summed E-state index contributed by atoms with van der Waals surface area (Å²) in [6.07, 6.45) is 6.85. The minimum absolute atomic E-state index is 0.712. The fourth-order valence-corrected chi connectivity index (χ4v) is 1.19. The molecular formula is C13H18.